The van der Waals surface area contributed by atoms with Gasteiger partial charge in [-0.2, -0.15) is 0 Å². The van der Waals surface area contributed by atoms with Crippen LogP contribution < -0.4 is 14.5 Å². The maximum absolute atomic E-state index is 14.0. The highest BCUT2D eigenvalue weighted by atomic mass is 19.1. The van der Waals surface area contributed by atoms with E-state index in [0.29, 0.717) is 29.1 Å². The molecule has 1 fully saturated rings. The molecule has 3 aromatic rings. The van der Waals surface area contributed by atoms with Gasteiger partial charge in [0.2, 0.25) is 0 Å². The van der Waals surface area contributed by atoms with Crippen molar-refractivity contribution in [3.8, 4) is 5.75 Å². The van der Waals surface area contributed by atoms with Crippen molar-refractivity contribution in [3.63, 3.8) is 0 Å². The first-order valence-electron chi connectivity index (χ1n) is 10.9. The molecule has 1 atom stereocenters. The molecule has 0 radical (unpaired) electrons. The molecule has 4 rings (SSSR count). The number of carbonyl (C=O) groups excluding carboxylic acids is 1. The number of hydrogen-bond donors (Lipinski definition) is 2. The van der Waals surface area contributed by atoms with Crippen molar-refractivity contribution in [2.45, 2.75) is 6.10 Å². The Morgan fingerprint density at radius 1 is 0.938 bits per heavy atom. The lowest BCUT2D eigenvalue weighted by atomic mass is 10.0. The number of quaternary nitrogens is 1. The number of para-hydroxylation sites is 1. The van der Waals surface area contributed by atoms with Crippen molar-refractivity contribution < 1.29 is 23.9 Å². The van der Waals surface area contributed by atoms with Crippen LogP contribution in [0.3, 0.4) is 0 Å². The molecule has 0 aliphatic carbocycles. The van der Waals surface area contributed by atoms with E-state index in [1.54, 1.807) is 42.5 Å². The van der Waals surface area contributed by atoms with Gasteiger partial charge in [0.25, 0.3) is 0 Å². The quantitative estimate of drug-likeness (QED) is 0.533. The minimum absolute atomic E-state index is 0.0321. The van der Waals surface area contributed by atoms with Gasteiger partial charge in [0.1, 0.15) is 30.8 Å². The van der Waals surface area contributed by atoms with Gasteiger partial charge in [-0.25, -0.2) is 4.39 Å². The molecule has 6 heteroatoms. The minimum atomic E-state index is -0.601. The molecular weight excluding hydrogens is 407 g/mol. The number of hydrogen-bond acceptors (Lipinski definition) is 4. The van der Waals surface area contributed by atoms with Crippen LogP contribution in [0.25, 0.3) is 0 Å². The van der Waals surface area contributed by atoms with Crippen molar-refractivity contribution in [2.24, 2.45) is 0 Å². The summed E-state index contributed by atoms with van der Waals surface area (Å²) in [5.41, 5.74) is 1.89. The maximum atomic E-state index is 14.0. The highest BCUT2D eigenvalue weighted by molar-refractivity contribution is 6.08. The monoisotopic (exact) mass is 435 g/mol. The molecule has 0 aromatic heterocycles. The van der Waals surface area contributed by atoms with Crippen LogP contribution in [0.5, 0.6) is 5.75 Å². The molecule has 3 aromatic carbocycles. The third-order valence-corrected chi connectivity index (χ3v) is 5.78. The molecule has 0 spiro atoms. The molecule has 1 aliphatic rings. The van der Waals surface area contributed by atoms with E-state index in [0.717, 1.165) is 26.2 Å². The first-order valence-corrected chi connectivity index (χ1v) is 10.9. The van der Waals surface area contributed by atoms with Gasteiger partial charge in [0.15, 0.2) is 5.78 Å². The molecule has 1 aliphatic heterocycles. The van der Waals surface area contributed by atoms with E-state index in [1.165, 1.54) is 11.0 Å². The lowest BCUT2D eigenvalue weighted by molar-refractivity contribution is -0.903. The number of rotatable bonds is 8. The van der Waals surface area contributed by atoms with Crippen molar-refractivity contribution in [3.05, 3.63) is 95.8 Å². The fraction of sp³-hybridized carbons (Fsp3) is 0.269. The van der Waals surface area contributed by atoms with Crippen molar-refractivity contribution in [2.75, 3.05) is 44.2 Å². The number of aliphatic hydroxyl groups is 1. The van der Waals surface area contributed by atoms with Crippen LogP contribution in [0.15, 0.2) is 78.9 Å². The Kier molecular flexibility index (Phi) is 7.14. The van der Waals surface area contributed by atoms with E-state index in [9.17, 15) is 14.3 Å². The molecule has 2 N–H and O–H groups in total. The topological polar surface area (TPSA) is 54.2 Å². The fourth-order valence-corrected chi connectivity index (χ4v) is 4.02. The number of nitrogens with one attached hydrogen (secondary N) is 1. The van der Waals surface area contributed by atoms with Gasteiger partial charge in [-0.05, 0) is 36.4 Å². The summed E-state index contributed by atoms with van der Waals surface area (Å²) in [7, 11) is 0. The summed E-state index contributed by atoms with van der Waals surface area (Å²) in [5, 5.41) is 10.4. The number of ketones is 1. The van der Waals surface area contributed by atoms with Crippen molar-refractivity contribution >= 4 is 11.5 Å². The van der Waals surface area contributed by atoms with Gasteiger partial charge in [-0.15, -0.1) is 0 Å². The second-order valence-corrected chi connectivity index (χ2v) is 8.08. The summed E-state index contributed by atoms with van der Waals surface area (Å²) in [6.07, 6.45) is -0.601. The van der Waals surface area contributed by atoms with E-state index in [4.69, 9.17) is 4.74 Å². The highest BCUT2D eigenvalue weighted by Gasteiger charge is 2.24. The van der Waals surface area contributed by atoms with Crippen LogP contribution in [-0.4, -0.2) is 56.3 Å². The summed E-state index contributed by atoms with van der Waals surface area (Å²) >= 11 is 0. The van der Waals surface area contributed by atoms with E-state index >= 15 is 0 Å². The van der Waals surface area contributed by atoms with E-state index in [2.05, 4.69) is 4.90 Å². The summed E-state index contributed by atoms with van der Waals surface area (Å²) in [4.78, 5) is 15.8. The fourth-order valence-electron chi connectivity index (χ4n) is 4.02. The van der Waals surface area contributed by atoms with Crippen molar-refractivity contribution in [1.29, 1.82) is 0 Å². The summed E-state index contributed by atoms with van der Waals surface area (Å²) in [6.45, 7) is 3.94. The van der Waals surface area contributed by atoms with Gasteiger partial charge in [0, 0.05) is 11.1 Å². The third-order valence-electron chi connectivity index (χ3n) is 5.78. The van der Waals surface area contributed by atoms with Gasteiger partial charge >= 0.3 is 0 Å². The lowest BCUT2D eigenvalue weighted by Gasteiger charge is -2.34. The Morgan fingerprint density at radius 2 is 1.56 bits per heavy atom. The highest BCUT2D eigenvalue weighted by Crippen LogP contribution is 2.18. The number of nitrogens with zero attached hydrogens (tertiary/aromatic N) is 1. The van der Waals surface area contributed by atoms with E-state index in [1.807, 2.05) is 30.3 Å². The molecule has 32 heavy (non-hydrogen) atoms. The SMILES string of the molecule is O=C(c1ccccc1)c1ccc(OC[C@@H](O)C[NH+]2CCN(c3ccccc3F)CC2)cc1. The Morgan fingerprint density at radius 3 is 2.25 bits per heavy atom. The summed E-state index contributed by atoms with van der Waals surface area (Å²) in [6, 6.07) is 23.0. The zero-order valence-corrected chi connectivity index (χ0v) is 17.9. The van der Waals surface area contributed by atoms with Crippen LogP contribution in [0.2, 0.25) is 0 Å². The number of piperazine rings is 1. The second-order valence-electron chi connectivity index (χ2n) is 8.08. The van der Waals surface area contributed by atoms with Gasteiger partial charge in [0.05, 0.1) is 31.9 Å². The van der Waals surface area contributed by atoms with Crippen LogP contribution in [0.1, 0.15) is 15.9 Å². The molecule has 0 unspecified atom stereocenters. The molecule has 1 heterocycles. The number of benzene rings is 3. The predicted octanol–water partition coefficient (Wildman–Crippen LogP) is 2.20. The summed E-state index contributed by atoms with van der Waals surface area (Å²) < 4.78 is 19.7. The zero-order valence-electron chi connectivity index (χ0n) is 17.9. The maximum Gasteiger partial charge on any atom is 0.193 e. The average Bonchev–Trinajstić information content (AvgIpc) is 2.84. The number of halogens is 1. The Balaban J connectivity index is 1.22. The van der Waals surface area contributed by atoms with Crippen LogP contribution in [0, 0.1) is 5.82 Å². The van der Waals surface area contributed by atoms with E-state index < -0.39 is 6.10 Å². The Hall–Kier alpha value is -3.22. The molecule has 5 nitrogen and oxygen atoms in total. The van der Waals surface area contributed by atoms with Gasteiger partial charge in [-0.3, -0.25) is 4.79 Å². The largest absolute Gasteiger partial charge is 0.491 e. The van der Waals surface area contributed by atoms with Crippen LogP contribution >= 0.6 is 0 Å². The van der Waals surface area contributed by atoms with Crippen LogP contribution in [-0.2, 0) is 0 Å². The molecular formula is C26H28FN2O3+. The number of carbonyl (C=O) groups is 1. The summed E-state index contributed by atoms with van der Waals surface area (Å²) in [5.74, 6) is 0.393. The number of aliphatic hydroxyl groups excluding tert-OH is 1. The minimum Gasteiger partial charge on any atom is -0.491 e. The van der Waals surface area contributed by atoms with Crippen LogP contribution in [0.4, 0.5) is 10.1 Å². The smallest absolute Gasteiger partial charge is 0.193 e. The molecule has 1 saturated heterocycles. The third kappa shape index (κ3) is 5.52. The molecule has 0 saturated carbocycles. The Labute approximate surface area is 187 Å². The predicted molar refractivity (Wildman–Crippen MR) is 122 cm³/mol. The molecule has 0 amide bonds. The van der Waals surface area contributed by atoms with Gasteiger partial charge < -0.3 is 19.6 Å². The standard InChI is InChI=1S/C26H27FN2O3/c27-24-8-4-5-9-25(24)29-16-14-28(15-17-29)18-22(30)19-32-23-12-10-21(11-13-23)26(31)20-6-2-1-3-7-20/h1-13,22,30H,14-19H2/p+1/t22-/m0/s1. The number of anilines is 1. The average molecular weight is 436 g/mol. The molecule has 0 bridgehead atoms. The van der Waals surface area contributed by atoms with Gasteiger partial charge in [-0.1, -0.05) is 42.5 Å². The molecule has 166 valence electrons. The van der Waals surface area contributed by atoms with E-state index in [-0.39, 0.29) is 18.2 Å². The number of ether oxygens (including phenoxy) is 1. The second kappa shape index (κ2) is 10.4. The van der Waals surface area contributed by atoms with Crippen molar-refractivity contribution in [1.82, 2.24) is 0 Å². The zero-order chi connectivity index (χ0) is 22.3. The Bertz CT molecular complexity index is 1020. The first-order chi connectivity index (χ1) is 15.6. The lowest BCUT2D eigenvalue weighted by Crippen LogP contribution is -3.16. The normalized spacial score (nSPS) is 15.4. The first kappa shape index (κ1) is 22.0.